The standard InChI is InChI=1S/C25H30Cl2N2O5.C21H24Cl2N2O3.C19H21Cl2N3O3.C14H11Cl2NO2.C8H14O4.C3H9NO.ClH/c1-16(15-28-21(30)12-13-22(31)34-25(2,3)4)33-23(32)14-17-8-5-6-11-20(17)29-24-18(26)9-7-10-19(24)27;1-3-7-19(26)24-13-14(2)28-20(27)12-15-8-4-5-11-18(15)25-21-16(22)9-6-10-17(21)23;1-12(11-23-17(25)10-22)27-18(26)9-13-5-2-3-8-16(13)24-19-14(20)6-4-7-15(19)21;15-10-5-3-6-11(16)14(10)17-12-7-2-1-4-9(12)8-13(18)19;1-8(2,3)12-7(11)5-4-6(9)10;1-3(5)2-4;/h5-11,16,29H,12-15H2,1-4H3,(H,28,30);4-6,8-11,14,25H,3,7,12-13H2,1-2H3,(H,24,26);2-8,12,24H,9-11,22H2,1H3,(H,23,25);1-7,17H,8H2,(H,18,19);4-5H2,1-3H3,(H,9,10);3,5H,2,4H2,1H3;1H. The molecule has 0 fully saturated rings. The highest BCUT2D eigenvalue weighted by Gasteiger charge is 2.23. The maximum atomic E-state index is 12.5. The van der Waals surface area contributed by atoms with Gasteiger partial charge >= 0.3 is 41.8 Å². The van der Waals surface area contributed by atoms with Crippen molar-refractivity contribution in [2.75, 3.05) is 54.0 Å². The van der Waals surface area contributed by atoms with Crippen molar-refractivity contribution in [3.63, 3.8) is 0 Å². The van der Waals surface area contributed by atoms with Gasteiger partial charge < -0.3 is 87.7 Å². The average Bonchev–Trinajstić information content (AvgIpc) is 0.849. The van der Waals surface area contributed by atoms with Crippen molar-refractivity contribution < 1.29 is 86.9 Å². The SMILES string of the molecule is CC(C)(C)OC(=O)CCC(=O)O.CC(CNC(=O)CCC(=O)OC(C)(C)C)OC(=O)Cc1ccccc1Nc1c(Cl)cccc1Cl.CC(CNC(=O)CN)OC(=O)Cc1ccccc1Nc1c(Cl)cccc1Cl.CC(O)CN.CCCC(=O)NCC(C)OC(=O)Cc1ccccc1Nc1c(Cl)cccc1Cl.Cl.O=C(O)Cc1ccccc1Nc1c(Cl)cccc1Cl. The molecule has 0 radical (unpaired) electrons. The van der Waals surface area contributed by atoms with E-state index >= 15 is 0 Å². The Balaban J connectivity index is 0.000000540. The number of carboxylic acids is 2. The zero-order chi connectivity index (χ0) is 93.5. The van der Waals surface area contributed by atoms with Crippen LogP contribution < -0.4 is 48.7 Å². The summed E-state index contributed by atoms with van der Waals surface area (Å²) in [6.07, 6.45) is -0.684. The minimum absolute atomic E-state index is 0. The highest BCUT2D eigenvalue weighted by atomic mass is 35.5. The zero-order valence-electron chi connectivity index (χ0n) is 71.6. The first-order chi connectivity index (χ1) is 58.9. The number of carbonyl (C=O) groups excluding carboxylic acids is 8. The van der Waals surface area contributed by atoms with Gasteiger partial charge in [-0.15, -0.1) is 12.4 Å². The second kappa shape index (κ2) is 59.2. The first-order valence-corrected chi connectivity index (χ1v) is 42.4. The van der Waals surface area contributed by atoms with E-state index in [4.69, 9.17) is 143 Å². The molecule has 3 amide bonds. The molecule has 4 unspecified atom stereocenters. The number of rotatable bonds is 35. The molecule has 8 rings (SSSR count). The normalized spacial score (nSPS) is 11.4. The summed E-state index contributed by atoms with van der Waals surface area (Å²) < 4.78 is 26.2. The highest BCUT2D eigenvalue weighted by Crippen LogP contribution is 2.38. The van der Waals surface area contributed by atoms with E-state index in [0.29, 0.717) is 111 Å². The molecule has 0 aliphatic carbocycles. The Morgan fingerprint density at radius 3 is 0.833 bits per heavy atom. The van der Waals surface area contributed by atoms with Crippen LogP contribution in [0.3, 0.4) is 0 Å². The average molecular weight is 1920 g/mol. The number of esters is 5. The van der Waals surface area contributed by atoms with Crippen LogP contribution >= 0.6 is 105 Å². The maximum absolute atomic E-state index is 12.5. The van der Waals surface area contributed by atoms with E-state index in [2.05, 4.69) is 37.2 Å². The van der Waals surface area contributed by atoms with E-state index in [1.54, 1.807) is 166 Å². The highest BCUT2D eigenvalue weighted by molar-refractivity contribution is 6.41. The topological polar surface area (TPSA) is 414 Å². The smallest absolute Gasteiger partial charge is 0.310 e. The third-order valence-electron chi connectivity index (χ3n) is 16.0. The number of hydrogen-bond acceptors (Lipinski definition) is 22. The maximum Gasteiger partial charge on any atom is 0.310 e. The van der Waals surface area contributed by atoms with Gasteiger partial charge in [0.2, 0.25) is 17.7 Å². The summed E-state index contributed by atoms with van der Waals surface area (Å²) in [7, 11) is 0. The number of nitrogens with two attached hydrogens (primary N) is 2. The third kappa shape index (κ3) is 47.1. The van der Waals surface area contributed by atoms with E-state index in [1.165, 1.54) is 0 Å². The van der Waals surface area contributed by atoms with Crippen LogP contribution in [0, 0.1) is 0 Å². The molecule has 0 aliphatic rings. The molecule has 126 heavy (non-hydrogen) atoms. The van der Waals surface area contributed by atoms with Crippen molar-refractivity contribution in [2.24, 2.45) is 11.5 Å². The number of ether oxygens (including phenoxy) is 5. The minimum atomic E-state index is -0.985. The Kier molecular flexibility index (Phi) is 52.8. The molecule has 0 spiro atoms. The van der Waals surface area contributed by atoms with Gasteiger partial charge in [0.05, 0.1) is 140 Å². The monoisotopic (exact) mass is 1920 g/mol. The lowest BCUT2D eigenvalue weighted by molar-refractivity contribution is -0.157. The number of carboxylic acid groups (broad SMARTS) is 2. The van der Waals surface area contributed by atoms with Gasteiger partial charge in [0, 0.05) is 42.1 Å². The number of hydrogen-bond donors (Lipinski definition) is 12. The van der Waals surface area contributed by atoms with Gasteiger partial charge in [-0.2, -0.15) is 0 Å². The molecule has 4 atom stereocenters. The number of aliphatic hydroxyl groups is 1. The molecule has 0 saturated heterocycles. The summed E-state index contributed by atoms with van der Waals surface area (Å²) in [4.78, 5) is 115. The van der Waals surface area contributed by atoms with E-state index in [9.17, 15) is 47.9 Å². The van der Waals surface area contributed by atoms with Crippen LogP contribution in [-0.4, -0.2) is 143 Å². The van der Waals surface area contributed by atoms with Crippen molar-refractivity contribution in [1.82, 2.24) is 16.0 Å². The Morgan fingerprint density at radius 1 is 0.349 bits per heavy atom. The fourth-order valence-electron chi connectivity index (χ4n) is 10.2. The van der Waals surface area contributed by atoms with Crippen molar-refractivity contribution in [3.8, 4) is 0 Å². The first kappa shape index (κ1) is 112. The molecule has 0 heterocycles. The molecular formula is C90H110Cl9N9O18. The lowest BCUT2D eigenvalue weighted by Crippen LogP contribution is -2.37. The van der Waals surface area contributed by atoms with Gasteiger partial charge in [-0.25, -0.2) is 0 Å². The van der Waals surface area contributed by atoms with Crippen molar-refractivity contribution in [3.05, 3.63) is 232 Å². The predicted octanol–water partition coefficient (Wildman–Crippen LogP) is 19.2. The molecule has 14 N–H and O–H groups in total. The van der Waals surface area contributed by atoms with Gasteiger partial charge in [-0.1, -0.05) is 197 Å². The van der Waals surface area contributed by atoms with Crippen LogP contribution in [0.5, 0.6) is 0 Å². The second-order valence-electron chi connectivity index (χ2n) is 29.5. The van der Waals surface area contributed by atoms with Gasteiger partial charge in [0.1, 0.15) is 29.5 Å². The summed E-state index contributed by atoms with van der Waals surface area (Å²) in [6, 6.07) is 49.9. The zero-order valence-corrected chi connectivity index (χ0v) is 78.5. The summed E-state index contributed by atoms with van der Waals surface area (Å²) in [5.74, 6) is -4.69. The third-order valence-corrected chi connectivity index (χ3v) is 18.5. The summed E-state index contributed by atoms with van der Waals surface area (Å²) in [5, 5.41) is 49.8. The number of anilines is 8. The molecule has 8 aromatic rings. The van der Waals surface area contributed by atoms with Crippen LogP contribution in [-0.2, 0) is 97.3 Å². The van der Waals surface area contributed by atoms with Gasteiger partial charge in [-0.3, -0.25) is 47.9 Å². The molecular weight excluding hydrogens is 1810 g/mol. The van der Waals surface area contributed by atoms with Crippen molar-refractivity contribution in [2.45, 2.75) is 176 Å². The van der Waals surface area contributed by atoms with Crippen LogP contribution in [0.1, 0.15) is 137 Å². The Hall–Kier alpha value is -9.85. The van der Waals surface area contributed by atoms with Crippen LogP contribution in [0.4, 0.5) is 45.5 Å². The van der Waals surface area contributed by atoms with Crippen LogP contribution in [0.25, 0.3) is 0 Å². The Bertz CT molecular complexity index is 4760. The fraction of sp³-hybridized carbons (Fsp3) is 0.356. The first-order valence-electron chi connectivity index (χ1n) is 39.4. The lowest BCUT2D eigenvalue weighted by atomic mass is 10.1. The predicted molar refractivity (Wildman–Crippen MR) is 503 cm³/mol. The molecule has 8 aromatic carbocycles. The van der Waals surface area contributed by atoms with Crippen molar-refractivity contribution >= 4 is 210 Å². The number of aliphatic hydroxyl groups excluding tert-OH is 1. The molecule has 0 aliphatic heterocycles. The van der Waals surface area contributed by atoms with Crippen molar-refractivity contribution in [1.29, 1.82) is 0 Å². The number of benzene rings is 8. The second-order valence-corrected chi connectivity index (χ2v) is 32.8. The molecule has 0 aromatic heterocycles. The molecule has 36 heteroatoms. The summed E-state index contributed by atoms with van der Waals surface area (Å²) in [5.41, 5.74) is 16.9. The number of para-hydroxylation sites is 8. The molecule has 0 bridgehead atoms. The van der Waals surface area contributed by atoms with Gasteiger partial charge in [-0.05, 0) is 171 Å². The number of carbonyl (C=O) groups is 10. The van der Waals surface area contributed by atoms with Crippen LogP contribution in [0.15, 0.2) is 170 Å². The molecule has 27 nitrogen and oxygen atoms in total. The van der Waals surface area contributed by atoms with E-state index in [0.717, 1.165) is 23.2 Å². The van der Waals surface area contributed by atoms with Gasteiger partial charge in [0.25, 0.3) is 0 Å². The largest absolute Gasteiger partial charge is 0.481 e. The summed E-state index contributed by atoms with van der Waals surface area (Å²) in [6.45, 7) is 20.1. The molecule has 686 valence electrons. The fourth-order valence-corrected chi connectivity index (χ4v) is 12.2. The number of amides is 3. The number of nitrogens with one attached hydrogen (secondary N) is 7. The number of aliphatic carboxylic acids is 2. The van der Waals surface area contributed by atoms with E-state index in [-0.39, 0.29) is 113 Å². The molecule has 0 saturated carbocycles. The lowest BCUT2D eigenvalue weighted by Gasteiger charge is -2.19. The summed E-state index contributed by atoms with van der Waals surface area (Å²) >= 11 is 49.4. The van der Waals surface area contributed by atoms with E-state index in [1.807, 2.05) is 79.7 Å². The van der Waals surface area contributed by atoms with E-state index < -0.39 is 65.3 Å². The van der Waals surface area contributed by atoms with Crippen LogP contribution in [0.2, 0.25) is 40.2 Å². The number of halogens is 9. The van der Waals surface area contributed by atoms with Gasteiger partial charge in [0.15, 0.2) is 0 Å². The quantitative estimate of drug-likeness (QED) is 0.0130. The Labute approximate surface area is 781 Å². The Morgan fingerprint density at radius 2 is 0.595 bits per heavy atom. The minimum Gasteiger partial charge on any atom is -0.481 e.